The van der Waals surface area contributed by atoms with Crippen LogP contribution in [0.1, 0.15) is 24.8 Å². The van der Waals surface area contributed by atoms with Gasteiger partial charge in [0.25, 0.3) is 0 Å². The second-order valence-electron chi connectivity index (χ2n) is 5.31. The molecule has 3 nitrogen and oxygen atoms in total. The lowest BCUT2D eigenvalue weighted by Gasteiger charge is -2.12. The maximum Gasteiger partial charge on any atom is 0.0462 e. The van der Waals surface area contributed by atoms with Crippen molar-refractivity contribution < 1.29 is 10.2 Å². The van der Waals surface area contributed by atoms with Gasteiger partial charge in [0.1, 0.15) is 0 Å². The van der Waals surface area contributed by atoms with E-state index >= 15 is 0 Å². The monoisotopic (exact) mass is 301 g/mol. The highest BCUT2D eigenvalue weighted by molar-refractivity contribution is 5.88. The van der Waals surface area contributed by atoms with E-state index in [4.69, 9.17) is 10.2 Å². The van der Waals surface area contributed by atoms with E-state index < -0.39 is 0 Å². The molecule has 3 N–H and O–H groups in total. The second-order valence-corrected chi connectivity index (χ2v) is 5.31. The summed E-state index contributed by atoms with van der Waals surface area (Å²) < 4.78 is 0. The van der Waals surface area contributed by atoms with E-state index in [2.05, 4.69) is 36.9 Å². The van der Waals surface area contributed by atoms with E-state index in [1.165, 1.54) is 22.9 Å². The van der Waals surface area contributed by atoms with Crippen LogP contribution in [0.15, 0.2) is 50.2 Å². The minimum absolute atomic E-state index is 0.255. The number of hydrogen-bond acceptors (Lipinski definition) is 2. The minimum Gasteiger partial charge on any atom is -0.396 e. The molecule has 2 aromatic rings. The van der Waals surface area contributed by atoms with Crippen molar-refractivity contribution in [2.45, 2.75) is 19.3 Å². The first-order chi connectivity index (χ1) is 10.8. The first-order valence-corrected chi connectivity index (χ1v) is 7.70. The Morgan fingerprint density at radius 2 is 1.68 bits per heavy atom. The molecular formula is C19H27NO2. The minimum atomic E-state index is 0.255. The molecule has 2 unspecified atom stereocenters. The zero-order chi connectivity index (χ0) is 16.4. The summed E-state index contributed by atoms with van der Waals surface area (Å²) in [6.07, 6.45) is 7.20. The van der Waals surface area contributed by atoms with E-state index in [0.717, 1.165) is 12.8 Å². The van der Waals surface area contributed by atoms with Crippen LogP contribution in [0.5, 0.6) is 0 Å². The Morgan fingerprint density at radius 3 is 2.23 bits per heavy atom. The molecule has 1 saturated carbocycles. The van der Waals surface area contributed by atoms with Gasteiger partial charge in [-0.15, -0.1) is 13.2 Å². The molecule has 0 saturated heterocycles. The van der Waals surface area contributed by atoms with E-state index in [-0.39, 0.29) is 13.2 Å². The summed E-state index contributed by atoms with van der Waals surface area (Å²) in [7, 11) is 0. The molecule has 0 amide bonds. The molecule has 1 heterocycles. The number of H-pyrrole nitrogens is 1. The van der Waals surface area contributed by atoms with Gasteiger partial charge in [0, 0.05) is 30.3 Å². The molecule has 1 aliphatic rings. The normalized spacial score (nSPS) is 19.7. The van der Waals surface area contributed by atoms with Crippen LogP contribution in [-0.4, -0.2) is 28.4 Å². The molecule has 0 bridgehead atoms. The lowest BCUT2D eigenvalue weighted by molar-refractivity contribution is 0.141. The van der Waals surface area contributed by atoms with Crippen LogP contribution < -0.4 is 0 Å². The first-order valence-electron chi connectivity index (χ1n) is 7.70. The number of aromatic amines is 1. The standard InChI is InChI=1S/C10H9N.C7H14O2.C2H4/c1-2-8-7-11-10-6-4-3-5-9(8)10;8-4-6-2-1-3-7(6)5-9;1-2/h2-7,11H,1H2;6-9H,1-5H2;1-2H2. The highest BCUT2D eigenvalue weighted by Gasteiger charge is 2.25. The largest absolute Gasteiger partial charge is 0.396 e. The molecule has 1 aromatic carbocycles. The summed E-state index contributed by atoms with van der Waals surface area (Å²) in [6, 6.07) is 8.19. The Hall–Kier alpha value is -1.84. The van der Waals surface area contributed by atoms with Gasteiger partial charge >= 0.3 is 0 Å². The highest BCUT2D eigenvalue weighted by Crippen LogP contribution is 2.30. The maximum atomic E-state index is 8.76. The predicted molar refractivity (Wildman–Crippen MR) is 94.6 cm³/mol. The van der Waals surface area contributed by atoms with Crippen molar-refractivity contribution in [1.82, 2.24) is 4.98 Å². The van der Waals surface area contributed by atoms with Crippen LogP contribution >= 0.6 is 0 Å². The number of benzene rings is 1. The summed E-state index contributed by atoms with van der Waals surface area (Å²) in [6.45, 7) is 10.2. The molecule has 22 heavy (non-hydrogen) atoms. The number of aliphatic hydroxyl groups is 2. The van der Waals surface area contributed by atoms with Crippen molar-refractivity contribution in [2.24, 2.45) is 11.8 Å². The second kappa shape index (κ2) is 9.98. The van der Waals surface area contributed by atoms with Gasteiger partial charge < -0.3 is 15.2 Å². The fourth-order valence-corrected chi connectivity index (χ4v) is 2.86. The van der Waals surface area contributed by atoms with Crippen molar-refractivity contribution in [3.8, 4) is 0 Å². The van der Waals surface area contributed by atoms with Gasteiger partial charge in [-0.25, -0.2) is 0 Å². The smallest absolute Gasteiger partial charge is 0.0462 e. The zero-order valence-corrected chi connectivity index (χ0v) is 13.2. The Balaban J connectivity index is 0.000000202. The van der Waals surface area contributed by atoms with Crippen LogP contribution in [0.25, 0.3) is 17.0 Å². The Kier molecular flexibility index (Phi) is 8.26. The van der Waals surface area contributed by atoms with Crippen molar-refractivity contribution >= 4 is 17.0 Å². The zero-order valence-electron chi connectivity index (χ0n) is 13.2. The number of para-hydroxylation sites is 1. The lowest BCUT2D eigenvalue weighted by atomic mass is 9.98. The molecule has 120 valence electrons. The molecule has 0 aliphatic heterocycles. The summed E-state index contributed by atoms with van der Waals surface area (Å²) in [5.41, 5.74) is 2.34. The molecule has 3 rings (SSSR count). The number of hydrogen-bond donors (Lipinski definition) is 3. The van der Waals surface area contributed by atoms with Gasteiger partial charge in [-0.3, -0.25) is 0 Å². The van der Waals surface area contributed by atoms with Crippen molar-refractivity contribution in [1.29, 1.82) is 0 Å². The highest BCUT2D eigenvalue weighted by atomic mass is 16.3. The average molecular weight is 301 g/mol. The van der Waals surface area contributed by atoms with Crippen LogP contribution in [0.2, 0.25) is 0 Å². The van der Waals surface area contributed by atoms with Gasteiger partial charge in [-0.1, -0.05) is 37.3 Å². The third kappa shape index (κ3) is 4.58. The Bertz CT molecular complexity index is 551. The molecule has 1 fully saturated rings. The van der Waals surface area contributed by atoms with Crippen LogP contribution in [0, 0.1) is 11.8 Å². The molecule has 0 radical (unpaired) electrons. The third-order valence-electron chi connectivity index (χ3n) is 4.13. The fraction of sp³-hybridized carbons (Fsp3) is 0.368. The quantitative estimate of drug-likeness (QED) is 0.751. The SMILES string of the molecule is C=C.C=Cc1c[nH]c2ccccc12.OCC1CCCC1CO. The fourth-order valence-electron chi connectivity index (χ4n) is 2.86. The van der Waals surface area contributed by atoms with Gasteiger partial charge in [0.2, 0.25) is 0 Å². The number of fused-ring (bicyclic) bond motifs is 1. The van der Waals surface area contributed by atoms with Crippen LogP contribution in [0.4, 0.5) is 0 Å². The van der Waals surface area contributed by atoms with Gasteiger partial charge in [-0.05, 0) is 36.3 Å². The van der Waals surface area contributed by atoms with E-state index in [9.17, 15) is 0 Å². The molecule has 3 heteroatoms. The van der Waals surface area contributed by atoms with Crippen molar-refractivity contribution in [2.75, 3.05) is 13.2 Å². The van der Waals surface area contributed by atoms with E-state index in [1.807, 2.05) is 24.4 Å². The number of nitrogens with one attached hydrogen (secondary N) is 1. The average Bonchev–Trinajstić information content (AvgIpc) is 3.23. The molecule has 1 aromatic heterocycles. The number of aromatic nitrogens is 1. The molecule has 2 atom stereocenters. The number of rotatable bonds is 3. The molecule has 1 aliphatic carbocycles. The Labute approximate surface area is 133 Å². The molecular weight excluding hydrogens is 274 g/mol. The van der Waals surface area contributed by atoms with Crippen LogP contribution in [0.3, 0.4) is 0 Å². The van der Waals surface area contributed by atoms with Crippen LogP contribution in [-0.2, 0) is 0 Å². The van der Waals surface area contributed by atoms with Gasteiger partial charge in [0.05, 0.1) is 0 Å². The summed E-state index contributed by atoms with van der Waals surface area (Å²) in [5.74, 6) is 0.769. The first kappa shape index (κ1) is 18.2. The summed E-state index contributed by atoms with van der Waals surface area (Å²) in [5, 5.41) is 18.8. The maximum absolute atomic E-state index is 8.76. The predicted octanol–water partition coefficient (Wildman–Crippen LogP) is 4.00. The van der Waals surface area contributed by atoms with Gasteiger partial charge in [-0.2, -0.15) is 0 Å². The Morgan fingerprint density at radius 1 is 1.09 bits per heavy atom. The number of aliphatic hydroxyl groups excluding tert-OH is 2. The van der Waals surface area contributed by atoms with E-state index in [0.29, 0.717) is 11.8 Å². The lowest BCUT2D eigenvalue weighted by Crippen LogP contribution is -2.15. The molecule has 0 spiro atoms. The summed E-state index contributed by atoms with van der Waals surface area (Å²) in [4.78, 5) is 3.17. The van der Waals surface area contributed by atoms with Crippen molar-refractivity contribution in [3.05, 3.63) is 55.8 Å². The van der Waals surface area contributed by atoms with Crippen molar-refractivity contribution in [3.63, 3.8) is 0 Å². The third-order valence-corrected chi connectivity index (χ3v) is 4.13. The summed E-state index contributed by atoms with van der Waals surface area (Å²) >= 11 is 0. The topological polar surface area (TPSA) is 56.2 Å². The van der Waals surface area contributed by atoms with Gasteiger partial charge in [0.15, 0.2) is 0 Å². The van der Waals surface area contributed by atoms with E-state index in [1.54, 1.807) is 0 Å².